The Balaban J connectivity index is 2.35. The summed E-state index contributed by atoms with van der Waals surface area (Å²) in [6, 6.07) is 3.80. The van der Waals surface area contributed by atoms with Gasteiger partial charge >= 0.3 is 0 Å². The molecule has 4 nitrogen and oxygen atoms in total. The van der Waals surface area contributed by atoms with Crippen LogP contribution in [0.5, 0.6) is 0 Å². The Hall–Kier alpha value is -1.55. The predicted octanol–water partition coefficient (Wildman–Crippen LogP) is 2.11. The summed E-state index contributed by atoms with van der Waals surface area (Å²) >= 11 is 0. The van der Waals surface area contributed by atoms with Crippen molar-refractivity contribution in [2.45, 2.75) is 32.9 Å². The van der Waals surface area contributed by atoms with Crippen molar-refractivity contribution in [3.8, 4) is 0 Å². The average molecular weight is 219 g/mol. The highest BCUT2D eigenvalue weighted by Crippen LogP contribution is 2.21. The summed E-state index contributed by atoms with van der Waals surface area (Å²) in [7, 11) is 0. The monoisotopic (exact) mass is 219 g/mol. The smallest absolute Gasteiger partial charge is 0.0954 e. The van der Waals surface area contributed by atoms with E-state index in [2.05, 4.69) is 25.0 Å². The molecular formula is C12H17N3O. The molecule has 0 aliphatic carbocycles. The van der Waals surface area contributed by atoms with Gasteiger partial charge in [-0.05, 0) is 25.5 Å². The van der Waals surface area contributed by atoms with Crippen molar-refractivity contribution < 1.29 is 4.42 Å². The van der Waals surface area contributed by atoms with Crippen molar-refractivity contribution in [1.29, 1.82) is 0 Å². The first-order valence-electron chi connectivity index (χ1n) is 5.60. The van der Waals surface area contributed by atoms with Crippen LogP contribution in [0.1, 0.15) is 36.8 Å². The molecule has 0 spiro atoms. The Labute approximate surface area is 95.1 Å². The third kappa shape index (κ3) is 1.88. The maximum atomic E-state index is 6.18. The topological polar surface area (TPSA) is 57.0 Å². The van der Waals surface area contributed by atoms with E-state index in [9.17, 15) is 0 Å². The second kappa shape index (κ2) is 4.53. The minimum Gasteiger partial charge on any atom is -0.472 e. The van der Waals surface area contributed by atoms with Crippen LogP contribution in [0.25, 0.3) is 0 Å². The zero-order valence-electron chi connectivity index (χ0n) is 9.68. The number of nitrogens with two attached hydrogens (primary N) is 1. The lowest BCUT2D eigenvalue weighted by molar-refractivity contribution is 0.556. The zero-order valence-corrected chi connectivity index (χ0v) is 9.68. The first kappa shape index (κ1) is 11.0. The number of furan rings is 1. The summed E-state index contributed by atoms with van der Waals surface area (Å²) in [6.45, 7) is 4.99. The Morgan fingerprint density at radius 1 is 1.50 bits per heavy atom. The Kier molecular flexibility index (Phi) is 3.10. The summed E-state index contributed by atoms with van der Waals surface area (Å²) in [4.78, 5) is 0. The lowest BCUT2D eigenvalue weighted by Gasteiger charge is -2.10. The van der Waals surface area contributed by atoms with E-state index in [1.807, 2.05) is 10.7 Å². The van der Waals surface area contributed by atoms with Gasteiger partial charge in [0.15, 0.2) is 0 Å². The third-order valence-electron chi connectivity index (χ3n) is 2.74. The lowest BCUT2D eigenvalue weighted by atomic mass is 10.1. The first-order valence-corrected chi connectivity index (χ1v) is 5.60. The zero-order chi connectivity index (χ0) is 11.5. The van der Waals surface area contributed by atoms with Gasteiger partial charge in [-0.1, -0.05) is 6.92 Å². The lowest BCUT2D eigenvalue weighted by Crippen LogP contribution is -2.16. The van der Waals surface area contributed by atoms with Crippen LogP contribution in [0, 0.1) is 0 Å². The summed E-state index contributed by atoms with van der Waals surface area (Å²) in [5, 5.41) is 4.48. The number of aromatic nitrogens is 2. The molecule has 86 valence electrons. The second-order valence-electron chi connectivity index (χ2n) is 3.76. The van der Waals surface area contributed by atoms with E-state index in [0.29, 0.717) is 0 Å². The second-order valence-corrected chi connectivity index (χ2v) is 3.76. The van der Waals surface area contributed by atoms with Crippen molar-refractivity contribution in [3.05, 3.63) is 41.6 Å². The van der Waals surface area contributed by atoms with Gasteiger partial charge in [0.2, 0.25) is 0 Å². The summed E-state index contributed by atoms with van der Waals surface area (Å²) < 4.78 is 7.01. The molecule has 0 aliphatic rings. The number of hydrogen-bond acceptors (Lipinski definition) is 3. The fraction of sp³-hybridized carbons (Fsp3) is 0.417. The van der Waals surface area contributed by atoms with Gasteiger partial charge in [0.05, 0.1) is 30.0 Å². The molecular weight excluding hydrogens is 202 g/mol. The van der Waals surface area contributed by atoms with E-state index in [0.717, 1.165) is 29.9 Å². The summed E-state index contributed by atoms with van der Waals surface area (Å²) in [5.41, 5.74) is 9.29. The highest BCUT2D eigenvalue weighted by atomic mass is 16.3. The Bertz CT molecular complexity index is 445. The molecule has 1 atom stereocenters. The molecule has 2 heterocycles. The fourth-order valence-electron chi connectivity index (χ4n) is 1.79. The largest absolute Gasteiger partial charge is 0.472 e. The first-order chi connectivity index (χ1) is 7.76. The van der Waals surface area contributed by atoms with Gasteiger partial charge in [-0.15, -0.1) is 0 Å². The van der Waals surface area contributed by atoms with E-state index >= 15 is 0 Å². The van der Waals surface area contributed by atoms with E-state index in [1.165, 1.54) is 0 Å². The SMILES string of the molecule is CCc1cc(C(N)c2ccoc2)n(CC)n1. The van der Waals surface area contributed by atoms with Crippen LogP contribution in [0.4, 0.5) is 0 Å². The summed E-state index contributed by atoms with van der Waals surface area (Å²) in [5.74, 6) is 0. The van der Waals surface area contributed by atoms with Crippen LogP contribution in [0.3, 0.4) is 0 Å². The van der Waals surface area contributed by atoms with Crippen LogP contribution in [-0.4, -0.2) is 9.78 Å². The molecule has 0 radical (unpaired) electrons. The quantitative estimate of drug-likeness (QED) is 0.856. The van der Waals surface area contributed by atoms with E-state index < -0.39 is 0 Å². The fourth-order valence-corrected chi connectivity index (χ4v) is 1.79. The van der Waals surface area contributed by atoms with Crippen LogP contribution in [0.2, 0.25) is 0 Å². The summed E-state index contributed by atoms with van der Waals surface area (Å²) in [6.07, 6.45) is 4.25. The van der Waals surface area contributed by atoms with Crippen molar-refractivity contribution >= 4 is 0 Å². The number of aryl methyl sites for hydroxylation is 2. The molecule has 2 N–H and O–H groups in total. The van der Waals surface area contributed by atoms with E-state index in [1.54, 1.807) is 12.5 Å². The third-order valence-corrected chi connectivity index (χ3v) is 2.74. The standard InChI is InChI=1S/C12H17N3O/c1-3-10-7-11(15(4-2)14-10)12(13)9-5-6-16-8-9/h5-8,12H,3-4,13H2,1-2H3. The number of nitrogens with zero attached hydrogens (tertiary/aromatic N) is 2. The van der Waals surface area contributed by atoms with Gasteiger partial charge in [0.25, 0.3) is 0 Å². The van der Waals surface area contributed by atoms with Crippen molar-refractivity contribution in [2.75, 3.05) is 0 Å². The molecule has 2 aromatic heterocycles. The minimum absolute atomic E-state index is 0.161. The van der Waals surface area contributed by atoms with Crippen molar-refractivity contribution in [3.63, 3.8) is 0 Å². The molecule has 16 heavy (non-hydrogen) atoms. The molecule has 0 amide bonds. The Morgan fingerprint density at radius 3 is 2.88 bits per heavy atom. The van der Waals surface area contributed by atoms with Gasteiger partial charge < -0.3 is 10.2 Å². The maximum absolute atomic E-state index is 6.18. The minimum atomic E-state index is -0.161. The molecule has 0 aliphatic heterocycles. The van der Waals surface area contributed by atoms with Crippen LogP contribution >= 0.6 is 0 Å². The number of rotatable bonds is 4. The predicted molar refractivity (Wildman–Crippen MR) is 62.0 cm³/mol. The van der Waals surface area contributed by atoms with Gasteiger partial charge in [-0.2, -0.15) is 5.10 Å². The van der Waals surface area contributed by atoms with Crippen LogP contribution in [-0.2, 0) is 13.0 Å². The van der Waals surface area contributed by atoms with Crippen molar-refractivity contribution in [2.24, 2.45) is 5.73 Å². The number of hydrogen-bond donors (Lipinski definition) is 1. The van der Waals surface area contributed by atoms with Gasteiger partial charge in [-0.25, -0.2) is 0 Å². The normalized spacial score (nSPS) is 12.9. The molecule has 2 rings (SSSR count). The van der Waals surface area contributed by atoms with Gasteiger partial charge in [0, 0.05) is 12.1 Å². The van der Waals surface area contributed by atoms with E-state index in [4.69, 9.17) is 10.2 Å². The average Bonchev–Trinajstić information content (AvgIpc) is 2.96. The highest BCUT2D eigenvalue weighted by molar-refractivity contribution is 5.25. The van der Waals surface area contributed by atoms with Gasteiger partial charge in [-0.3, -0.25) is 4.68 Å². The molecule has 2 aromatic rings. The van der Waals surface area contributed by atoms with Crippen LogP contribution < -0.4 is 5.73 Å². The molecule has 1 unspecified atom stereocenters. The molecule has 4 heteroatoms. The molecule has 0 bridgehead atoms. The van der Waals surface area contributed by atoms with Gasteiger partial charge in [0.1, 0.15) is 0 Å². The molecule has 0 saturated heterocycles. The molecule has 0 fully saturated rings. The van der Waals surface area contributed by atoms with E-state index in [-0.39, 0.29) is 6.04 Å². The molecule has 0 aromatic carbocycles. The van der Waals surface area contributed by atoms with Crippen LogP contribution in [0.15, 0.2) is 29.1 Å². The highest BCUT2D eigenvalue weighted by Gasteiger charge is 2.16. The van der Waals surface area contributed by atoms with Crippen molar-refractivity contribution in [1.82, 2.24) is 9.78 Å². The molecule has 0 saturated carbocycles. The Morgan fingerprint density at radius 2 is 2.31 bits per heavy atom. The maximum Gasteiger partial charge on any atom is 0.0954 e.